The Morgan fingerprint density at radius 2 is 2.07 bits per heavy atom. The molecule has 158 valence electrons. The molecule has 1 unspecified atom stereocenters. The summed E-state index contributed by atoms with van der Waals surface area (Å²) in [6.45, 7) is 7.44. The van der Waals surface area contributed by atoms with Crippen molar-refractivity contribution in [3.05, 3.63) is 41.3 Å². The summed E-state index contributed by atoms with van der Waals surface area (Å²) in [5.41, 5.74) is 2.08. The highest BCUT2D eigenvalue weighted by molar-refractivity contribution is 6.02. The van der Waals surface area contributed by atoms with E-state index in [2.05, 4.69) is 32.3 Å². The van der Waals surface area contributed by atoms with E-state index in [1.165, 1.54) is 12.8 Å². The molecule has 5 heterocycles. The number of aromatic amines is 1. The van der Waals surface area contributed by atoms with Crippen molar-refractivity contribution in [3.8, 4) is 0 Å². The second-order valence-electron chi connectivity index (χ2n) is 8.51. The molecule has 2 saturated heterocycles. The number of nitrogens with zero attached hydrogens (tertiary/aromatic N) is 5. The fourth-order valence-electron chi connectivity index (χ4n) is 4.97. The zero-order chi connectivity index (χ0) is 20.8. The van der Waals surface area contributed by atoms with Gasteiger partial charge in [0.25, 0.3) is 5.91 Å². The molecule has 30 heavy (non-hydrogen) atoms. The Kier molecular flexibility index (Phi) is 4.69. The van der Waals surface area contributed by atoms with E-state index in [1.54, 1.807) is 24.4 Å². The van der Waals surface area contributed by atoms with Gasteiger partial charge in [-0.2, -0.15) is 5.10 Å². The molecule has 0 radical (unpaired) electrons. The first-order valence-corrected chi connectivity index (χ1v) is 10.6. The monoisotopic (exact) mass is 409 g/mol. The topological polar surface area (TPSA) is 97.5 Å². The number of carbonyl (C=O) groups excluding carboxylic acids is 2. The van der Waals surface area contributed by atoms with Gasteiger partial charge in [-0.25, -0.2) is 4.79 Å². The van der Waals surface area contributed by atoms with Gasteiger partial charge in [0.15, 0.2) is 5.82 Å². The van der Waals surface area contributed by atoms with E-state index in [9.17, 15) is 9.59 Å². The number of H-pyrrole nitrogens is 1. The summed E-state index contributed by atoms with van der Waals surface area (Å²) in [4.78, 5) is 36.4. The van der Waals surface area contributed by atoms with E-state index in [0.717, 1.165) is 30.9 Å². The van der Waals surface area contributed by atoms with Crippen molar-refractivity contribution >= 4 is 17.8 Å². The van der Waals surface area contributed by atoms with Gasteiger partial charge in [0.2, 0.25) is 0 Å². The van der Waals surface area contributed by atoms with Crippen LogP contribution in [0.4, 0.5) is 10.6 Å². The molecule has 0 aliphatic carbocycles. The number of rotatable bonds is 2. The van der Waals surface area contributed by atoms with E-state index in [1.807, 2.05) is 16.7 Å². The van der Waals surface area contributed by atoms with E-state index >= 15 is 0 Å². The average Bonchev–Trinajstić information content (AvgIpc) is 3.45. The van der Waals surface area contributed by atoms with E-state index in [0.29, 0.717) is 24.1 Å². The smallest absolute Gasteiger partial charge is 0.319 e. The number of fused-ring (bicyclic) bond motifs is 2. The molecule has 3 atom stereocenters. The van der Waals surface area contributed by atoms with E-state index < -0.39 is 0 Å². The molecule has 2 fully saturated rings. The predicted octanol–water partition coefficient (Wildman–Crippen LogP) is 2.22. The molecule has 5 rings (SSSR count). The van der Waals surface area contributed by atoms with Gasteiger partial charge in [0.05, 0.1) is 18.3 Å². The summed E-state index contributed by atoms with van der Waals surface area (Å²) < 4.78 is 0. The lowest BCUT2D eigenvalue weighted by Gasteiger charge is -2.44. The molecule has 9 heteroatoms. The lowest BCUT2D eigenvalue weighted by atomic mass is 10.1. The summed E-state index contributed by atoms with van der Waals surface area (Å²) in [7, 11) is 0. The summed E-state index contributed by atoms with van der Waals surface area (Å²) in [5, 5.41) is 10.1. The van der Waals surface area contributed by atoms with Crippen LogP contribution in [0.25, 0.3) is 0 Å². The van der Waals surface area contributed by atoms with Gasteiger partial charge in [-0.3, -0.25) is 19.8 Å². The van der Waals surface area contributed by atoms with Crippen LogP contribution in [0.15, 0.2) is 24.4 Å². The molecule has 0 saturated carbocycles. The number of hydrogen-bond donors (Lipinski definition) is 2. The van der Waals surface area contributed by atoms with Gasteiger partial charge >= 0.3 is 6.03 Å². The molecule has 0 bridgehead atoms. The molecule has 3 aliphatic heterocycles. The molecular weight excluding hydrogens is 382 g/mol. The van der Waals surface area contributed by atoms with Gasteiger partial charge in [0, 0.05) is 36.9 Å². The minimum absolute atomic E-state index is 0.0631. The standard InChI is InChI=1S/C21H27N7O2/c1-13-10-26-9-5-6-15(26)11-27(13)21(30)28-12-16-18(14(28)2)24-25-19(16)23-20(29)17-7-3-4-8-22-17/h3-4,7-8,13-15H,5-6,9-12H2,1-2H3,(H2,23,24,25,29)/t13-,14?,15-/m0/s1. The van der Waals surface area contributed by atoms with E-state index in [-0.39, 0.29) is 24.0 Å². The highest BCUT2D eigenvalue weighted by atomic mass is 16.2. The highest BCUT2D eigenvalue weighted by Crippen LogP contribution is 2.37. The Hall–Kier alpha value is -2.94. The van der Waals surface area contributed by atoms with Crippen LogP contribution < -0.4 is 5.32 Å². The molecular formula is C21H27N7O2. The van der Waals surface area contributed by atoms with Crippen molar-refractivity contribution in [2.24, 2.45) is 0 Å². The number of piperazine rings is 1. The summed E-state index contributed by atoms with van der Waals surface area (Å²) in [6, 6.07) is 5.81. The fraction of sp³-hybridized carbons (Fsp3) is 0.524. The number of urea groups is 1. The van der Waals surface area contributed by atoms with Gasteiger partial charge in [0.1, 0.15) is 5.69 Å². The van der Waals surface area contributed by atoms with Gasteiger partial charge in [-0.15, -0.1) is 0 Å². The van der Waals surface area contributed by atoms with Crippen LogP contribution in [0.2, 0.25) is 0 Å². The molecule has 2 aromatic heterocycles. The van der Waals surface area contributed by atoms with Crippen LogP contribution in [-0.2, 0) is 6.54 Å². The van der Waals surface area contributed by atoms with Gasteiger partial charge < -0.3 is 15.1 Å². The van der Waals surface area contributed by atoms with Crippen LogP contribution in [0.1, 0.15) is 54.5 Å². The van der Waals surface area contributed by atoms with Crippen molar-refractivity contribution in [1.82, 2.24) is 29.9 Å². The van der Waals surface area contributed by atoms with Crippen molar-refractivity contribution < 1.29 is 9.59 Å². The largest absolute Gasteiger partial charge is 0.321 e. The predicted molar refractivity (Wildman–Crippen MR) is 111 cm³/mol. The number of nitrogens with one attached hydrogen (secondary N) is 2. The molecule has 3 aliphatic rings. The van der Waals surface area contributed by atoms with Crippen LogP contribution in [0.5, 0.6) is 0 Å². The first-order valence-electron chi connectivity index (χ1n) is 10.6. The molecule has 2 aromatic rings. The maximum absolute atomic E-state index is 13.4. The highest BCUT2D eigenvalue weighted by Gasteiger charge is 2.42. The quantitative estimate of drug-likeness (QED) is 0.793. The summed E-state index contributed by atoms with van der Waals surface area (Å²) >= 11 is 0. The number of pyridine rings is 1. The Labute approximate surface area is 175 Å². The normalized spacial score (nSPS) is 25.9. The van der Waals surface area contributed by atoms with Crippen molar-refractivity contribution in [1.29, 1.82) is 0 Å². The van der Waals surface area contributed by atoms with Gasteiger partial charge in [-0.05, 0) is 45.4 Å². The zero-order valence-electron chi connectivity index (χ0n) is 17.3. The summed E-state index contributed by atoms with van der Waals surface area (Å²) in [5.74, 6) is 0.157. The number of amides is 3. The Morgan fingerprint density at radius 3 is 2.87 bits per heavy atom. The first-order chi connectivity index (χ1) is 14.5. The second kappa shape index (κ2) is 7.39. The van der Waals surface area contributed by atoms with Crippen molar-refractivity contribution in [3.63, 3.8) is 0 Å². The zero-order valence-corrected chi connectivity index (χ0v) is 17.3. The number of anilines is 1. The third-order valence-electron chi connectivity index (χ3n) is 6.67. The number of carbonyl (C=O) groups is 2. The third kappa shape index (κ3) is 3.13. The van der Waals surface area contributed by atoms with Crippen LogP contribution in [-0.4, -0.2) is 73.5 Å². The maximum atomic E-state index is 13.4. The third-order valence-corrected chi connectivity index (χ3v) is 6.67. The van der Waals surface area contributed by atoms with Crippen LogP contribution in [0.3, 0.4) is 0 Å². The molecule has 9 nitrogen and oxygen atoms in total. The molecule has 0 aromatic carbocycles. The fourth-order valence-corrected chi connectivity index (χ4v) is 4.97. The average molecular weight is 409 g/mol. The van der Waals surface area contributed by atoms with E-state index in [4.69, 9.17) is 0 Å². The lowest BCUT2D eigenvalue weighted by molar-refractivity contribution is 0.0580. The number of aromatic nitrogens is 3. The maximum Gasteiger partial charge on any atom is 0.321 e. The van der Waals surface area contributed by atoms with Crippen LogP contribution in [0, 0.1) is 0 Å². The molecule has 2 N–H and O–H groups in total. The Balaban J connectivity index is 1.31. The SMILES string of the molecule is CC1c2[nH]nc(NC(=O)c3ccccn3)c2CN1C(=O)N1C[C@@H]2CCCN2C[C@@H]1C. The minimum atomic E-state index is -0.312. The Morgan fingerprint density at radius 1 is 1.20 bits per heavy atom. The summed E-state index contributed by atoms with van der Waals surface area (Å²) in [6.07, 6.45) is 3.96. The van der Waals surface area contributed by atoms with Crippen LogP contribution >= 0.6 is 0 Å². The number of hydrogen-bond acceptors (Lipinski definition) is 5. The molecule has 3 amide bonds. The molecule has 0 spiro atoms. The minimum Gasteiger partial charge on any atom is -0.319 e. The Bertz CT molecular complexity index is 960. The lowest BCUT2D eigenvalue weighted by Crippen LogP contribution is -2.59. The van der Waals surface area contributed by atoms with Gasteiger partial charge in [-0.1, -0.05) is 6.07 Å². The van der Waals surface area contributed by atoms with Crippen molar-refractivity contribution in [2.45, 2.75) is 51.4 Å². The van der Waals surface area contributed by atoms with Crippen molar-refractivity contribution in [2.75, 3.05) is 25.0 Å². The second-order valence-corrected chi connectivity index (χ2v) is 8.51. The first kappa shape index (κ1) is 19.0.